The molecule has 0 aromatic heterocycles. The highest BCUT2D eigenvalue weighted by atomic mass is 79.9. The summed E-state index contributed by atoms with van der Waals surface area (Å²) in [4.78, 5) is 4.51. The maximum absolute atomic E-state index is 5.72. The lowest BCUT2D eigenvalue weighted by molar-refractivity contribution is 0.869. The molecule has 94 valence electrons. The lowest BCUT2D eigenvalue weighted by Gasteiger charge is -2.13. The Morgan fingerprint density at radius 3 is 1.61 bits per heavy atom. The van der Waals surface area contributed by atoms with Crippen molar-refractivity contribution in [3.05, 3.63) is 71.8 Å². The average molecular weight is 305 g/mol. The van der Waals surface area contributed by atoms with Crippen LogP contribution in [-0.4, -0.2) is 5.84 Å². The van der Waals surface area contributed by atoms with Crippen molar-refractivity contribution < 1.29 is 0 Å². The quantitative estimate of drug-likeness (QED) is 0.681. The molecule has 0 saturated heterocycles. The Balaban J connectivity index is 0.00000162. The third kappa shape index (κ3) is 3.70. The third-order valence-corrected chi connectivity index (χ3v) is 2.56. The van der Waals surface area contributed by atoms with E-state index in [1.165, 1.54) is 0 Å². The van der Waals surface area contributed by atoms with Crippen LogP contribution in [0.4, 0.5) is 0 Å². The van der Waals surface area contributed by atoms with Crippen molar-refractivity contribution in [3.63, 3.8) is 0 Å². The summed E-state index contributed by atoms with van der Waals surface area (Å²) >= 11 is 0. The second kappa shape index (κ2) is 6.97. The molecule has 0 radical (unpaired) electrons. The van der Waals surface area contributed by atoms with Gasteiger partial charge in [-0.2, -0.15) is 0 Å². The zero-order valence-corrected chi connectivity index (χ0v) is 12.0. The van der Waals surface area contributed by atoms with Crippen LogP contribution in [0.2, 0.25) is 0 Å². The van der Waals surface area contributed by atoms with Crippen molar-refractivity contribution in [1.82, 2.24) is 0 Å². The first-order valence-electron chi connectivity index (χ1n) is 5.67. The zero-order chi connectivity index (χ0) is 12.1. The van der Waals surface area contributed by atoms with Crippen LogP contribution in [-0.2, 0) is 0 Å². The molecule has 0 bridgehead atoms. The van der Waals surface area contributed by atoms with Gasteiger partial charge in [0.25, 0.3) is 0 Å². The van der Waals surface area contributed by atoms with E-state index < -0.39 is 0 Å². The number of hydrogen-bond acceptors (Lipinski definition) is 1. The van der Waals surface area contributed by atoms with Gasteiger partial charge in [-0.05, 0) is 18.1 Å². The molecule has 2 aromatic carbocycles. The molecule has 0 heterocycles. The summed E-state index contributed by atoms with van der Waals surface area (Å²) < 4.78 is 0. The fraction of sp³-hybridized carbons (Fsp3) is 0.133. The Morgan fingerprint density at radius 2 is 1.28 bits per heavy atom. The van der Waals surface area contributed by atoms with E-state index in [0.29, 0.717) is 5.84 Å². The van der Waals surface area contributed by atoms with Crippen LogP contribution in [0.25, 0.3) is 0 Å². The van der Waals surface area contributed by atoms with Crippen molar-refractivity contribution in [2.24, 2.45) is 10.7 Å². The molecule has 2 rings (SSSR count). The lowest BCUT2D eigenvalue weighted by atomic mass is 9.99. The fourth-order valence-electron chi connectivity index (χ4n) is 1.82. The first-order valence-corrected chi connectivity index (χ1v) is 5.67. The molecule has 0 spiro atoms. The Hall–Kier alpha value is -1.61. The molecule has 0 aliphatic rings. The Labute approximate surface area is 118 Å². The first-order chi connectivity index (χ1) is 8.27. The van der Waals surface area contributed by atoms with E-state index in [2.05, 4.69) is 29.3 Å². The largest absolute Gasteiger partial charge is 0.388 e. The highest BCUT2D eigenvalue weighted by Crippen LogP contribution is 2.25. The summed E-state index contributed by atoms with van der Waals surface area (Å²) in [7, 11) is 0. The van der Waals surface area contributed by atoms with Crippen LogP contribution in [0, 0.1) is 0 Å². The molecule has 18 heavy (non-hydrogen) atoms. The van der Waals surface area contributed by atoms with Crippen LogP contribution in [0.15, 0.2) is 65.7 Å². The minimum Gasteiger partial charge on any atom is -0.388 e. The highest BCUT2D eigenvalue weighted by molar-refractivity contribution is 8.93. The highest BCUT2D eigenvalue weighted by Gasteiger charge is 2.11. The summed E-state index contributed by atoms with van der Waals surface area (Å²) in [6.07, 6.45) is 0. The number of amidine groups is 1. The van der Waals surface area contributed by atoms with Gasteiger partial charge in [0.2, 0.25) is 0 Å². The summed E-state index contributed by atoms with van der Waals surface area (Å²) in [5, 5.41) is 0. The molecule has 2 N–H and O–H groups in total. The Bertz CT molecular complexity index is 451. The van der Waals surface area contributed by atoms with Gasteiger partial charge in [0.1, 0.15) is 6.04 Å². The van der Waals surface area contributed by atoms with E-state index >= 15 is 0 Å². The Kier molecular flexibility index (Phi) is 5.59. The molecule has 0 aliphatic carbocycles. The summed E-state index contributed by atoms with van der Waals surface area (Å²) in [6, 6.07) is 20.4. The number of nitrogens with two attached hydrogens (primary N) is 1. The molecule has 0 atom stereocenters. The summed E-state index contributed by atoms with van der Waals surface area (Å²) in [5.74, 6) is 0.600. The molecule has 0 amide bonds. The molecular formula is C15H17BrN2. The van der Waals surface area contributed by atoms with Crippen molar-refractivity contribution in [2.45, 2.75) is 13.0 Å². The van der Waals surface area contributed by atoms with E-state index in [9.17, 15) is 0 Å². The monoisotopic (exact) mass is 304 g/mol. The maximum Gasteiger partial charge on any atom is 0.102 e. The fourth-order valence-corrected chi connectivity index (χ4v) is 1.82. The minimum absolute atomic E-state index is 0. The number of halogens is 1. The second-order valence-corrected chi connectivity index (χ2v) is 3.99. The van der Waals surface area contributed by atoms with Gasteiger partial charge in [-0.1, -0.05) is 60.7 Å². The van der Waals surface area contributed by atoms with Gasteiger partial charge < -0.3 is 5.73 Å². The van der Waals surface area contributed by atoms with Crippen LogP contribution in [0.3, 0.4) is 0 Å². The third-order valence-electron chi connectivity index (χ3n) is 2.56. The van der Waals surface area contributed by atoms with Gasteiger partial charge in [0, 0.05) is 0 Å². The zero-order valence-electron chi connectivity index (χ0n) is 10.3. The molecule has 0 unspecified atom stereocenters. The molecule has 0 aliphatic heterocycles. The van der Waals surface area contributed by atoms with Gasteiger partial charge in [-0.15, -0.1) is 17.0 Å². The molecule has 0 fully saturated rings. The van der Waals surface area contributed by atoms with Crippen LogP contribution in [0.5, 0.6) is 0 Å². The van der Waals surface area contributed by atoms with E-state index in [1.54, 1.807) is 0 Å². The number of benzene rings is 2. The molecule has 0 saturated carbocycles. The van der Waals surface area contributed by atoms with Gasteiger partial charge in [0.15, 0.2) is 0 Å². The predicted octanol–water partition coefficient (Wildman–Crippen LogP) is 3.73. The van der Waals surface area contributed by atoms with Crippen LogP contribution in [0.1, 0.15) is 24.1 Å². The number of nitrogens with zero attached hydrogens (tertiary/aromatic N) is 1. The number of rotatable bonds is 3. The predicted molar refractivity (Wildman–Crippen MR) is 82.3 cm³/mol. The summed E-state index contributed by atoms with van der Waals surface area (Å²) in [5.41, 5.74) is 8.03. The van der Waals surface area contributed by atoms with E-state index in [4.69, 9.17) is 5.73 Å². The topological polar surface area (TPSA) is 38.4 Å². The van der Waals surface area contributed by atoms with Crippen molar-refractivity contribution >= 4 is 22.8 Å². The number of hydrogen-bond donors (Lipinski definition) is 1. The van der Waals surface area contributed by atoms with Gasteiger partial charge >= 0.3 is 0 Å². The van der Waals surface area contributed by atoms with Crippen LogP contribution >= 0.6 is 17.0 Å². The molecule has 3 heteroatoms. The number of aliphatic imine (C=N–C) groups is 1. The molecule has 2 aromatic rings. The summed E-state index contributed by atoms with van der Waals surface area (Å²) in [6.45, 7) is 1.82. The van der Waals surface area contributed by atoms with Crippen molar-refractivity contribution in [2.75, 3.05) is 0 Å². The van der Waals surface area contributed by atoms with E-state index in [0.717, 1.165) is 11.1 Å². The average Bonchev–Trinajstić information content (AvgIpc) is 2.38. The second-order valence-electron chi connectivity index (χ2n) is 3.99. The normalized spacial score (nSPS) is 11.1. The van der Waals surface area contributed by atoms with Gasteiger partial charge in [-0.3, -0.25) is 4.99 Å². The standard InChI is InChI=1S/C15H16N2.BrH/c1-12(16)17-15(13-8-4-2-5-9-13)14-10-6-3-7-11-14;/h2-11,15H,1H3,(H2,16,17);1H. The first kappa shape index (κ1) is 14.5. The van der Waals surface area contributed by atoms with E-state index in [1.807, 2.05) is 43.3 Å². The van der Waals surface area contributed by atoms with E-state index in [-0.39, 0.29) is 23.0 Å². The van der Waals surface area contributed by atoms with Gasteiger partial charge in [-0.25, -0.2) is 0 Å². The van der Waals surface area contributed by atoms with Gasteiger partial charge in [0.05, 0.1) is 5.84 Å². The van der Waals surface area contributed by atoms with Crippen molar-refractivity contribution in [1.29, 1.82) is 0 Å². The Morgan fingerprint density at radius 1 is 0.889 bits per heavy atom. The van der Waals surface area contributed by atoms with Crippen LogP contribution < -0.4 is 5.73 Å². The minimum atomic E-state index is -0.0117. The smallest absolute Gasteiger partial charge is 0.102 e. The lowest BCUT2D eigenvalue weighted by Crippen LogP contribution is -2.09. The SMILES string of the molecule is Br.CC(N)=NC(c1ccccc1)c1ccccc1. The maximum atomic E-state index is 5.72. The molecular weight excluding hydrogens is 288 g/mol. The van der Waals surface area contributed by atoms with Crippen molar-refractivity contribution in [3.8, 4) is 0 Å². The molecule has 2 nitrogen and oxygen atoms in total.